The van der Waals surface area contributed by atoms with Gasteiger partial charge in [-0.2, -0.15) is 8.78 Å². The Morgan fingerprint density at radius 2 is 1.93 bits per heavy atom. The number of hydrogen-bond donors (Lipinski definition) is 0. The van der Waals surface area contributed by atoms with Gasteiger partial charge in [-0.3, -0.25) is 10.1 Å². The van der Waals surface area contributed by atoms with Crippen LogP contribution in [-0.4, -0.2) is 23.1 Å². The van der Waals surface area contributed by atoms with Crippen LogP contribution in [0.1, 0.15) is 18.2 Å². The number of alkyl halides is 2. The second kappa shape index (κ2) is 8.43. The second-order valence-electron chi connectivity index (χ2n) is 5.66. The van der Waals surface area contributed by atoms with Crippen molar-refractivity contribution in [1.29, 1.82) is 0 Å². The van der Waals surface area contributed by atoms with Crippen LogP contribution < -0.4 is 9.47 Å². The summed E-state index contributed by atoms with van der Waals surface area (Å²) >= 11 is 0. The van der Waals surface area contributed by atoms with Crippen molar-refractivity contribution in [3.05, 3.63) is 69.9 Å². The predicted octanol–water partition coefficient (Wildman–Crippen LogP) is 5.31. The first kappa shape index (κ1) is 19.2. The normalized spacial score (nSPS) is 11.3. The largest absolute Gasteiger partial charge is 0.490 e. The summed E-state index contributed by atoms with van der Waals surface area (Å²) in [5, 5.41) is 11.5. The lowest BCUT2D eigenvalue weighted by Gasteiger charge is -2.13. The number of aromatic nitrogens is 1. The molecule has 3 rings (SSSR count). The molecule has 0 N–H and O–H groups in total. The fourth-order valence-corrected chi connectivity index (χ4v) is 2.73. The van der Waals surface area contributed by atoms with E-state index in [0.29, 0.717) is 28.8 Å². The molecular weight excluding hydrogens is 370 g/mol. The van der Waals surface area contributed by atoms with Crippen LogP contribution in [-0.2, 0) is 0 Å². The molecular formula is C20H16F2N2O4. The number of non-ortho nitro benzene ring substituents is 1. The first-order chi connectivity index (χ1) is 13.5. The quantitative estimate of drug-likeness (QED) is 0.406. The molecule has 0 aliphatic heterocycles. The van der Waals surface area contributed by atoms with Crippen molar-refractivity contribution in [1.82, 2.24) is 4.98 Å². The van der Waals surface area contributed by atoms with E-state index in [-0.39, 0.29) is 17.2 Å². The average Bonchev–Trinajstić information content (AvgIpc) is 2.67. The topological polar surface area (TPSA) is 74.5 Å². The maximum absolute atomic E-state index is 12.8. The van der Waals surface area contributed by atoms with Crippen LogP contribution in [0.3, 0.4) is 0 Å². The molecule has 3 aromatic rings. The van der Waals surface area contributed by atoms with Crippen LogP contribution in [0.15, 0.2) is 48.5 Å². The molecule has 0 saturated heterocycles. The minimum atomic E-state index is -2.99. The van der Waals surface area contributed by atoms with Crippen molar-refractivity contribution >= 4 is 28.7 Å². The molecule has 6 nitrogen and oxygen atoms in total. The van der Waals surface area contributed by atoms with E-state index in [1.807, 2.05) is 0 Å². The van der Waals surface area contributed by atoms with Crippen molar-refractivity contribution in [2.45, 2.75) is 13.5 Å². The molecule has 0 radical (unpaired) electrons. The Morgan fingerprint density at radius 1 is 1.14 bits per heavy atom. The summed E-state index contributed by atoms with van der Waals surface area (Å²) in [5.41, 5.74) is 1.34. The highest BCUT2D eigenvalue weighted by molar-refractivity contribution is 5.89. The Morgan fingerprint density at radius 3 is 2.64 bits per heavy atom. The molecule has 144 valence electrons. The highest BCUT2D eigenvalue weighted by atomic mass is 19.3. The lowest BCUT2D eigenvalue weighted by molar-refractivity contribution is -0.383. The second-order valence-corrected chi connectivity index (χ2v) is 5.66. The number of nitrogens with zero attached hydrogens (tertiary/aromatic N) is 2. The average molecular weight is 386 g/mol. The molecule has 0 spiro atoms. The van der Waals surface area contributed by atoms with Crippen molar-refractivity contribution < 1.29 is 23.2 Å². The minimum absolute atomic E-state index is 0.0300. The SMILES string of the molecule is CCOc1cccc(/C=C/c2ccc3c([N+](=O)[O-])cccc3n2)c1OC(F)F. The smallest absolute Gasteiger partial charge is 0.387 e. The van der Waals surface area contributed by atoms with Crippen molar-refractivity contribution in [2.75, 3.05) is 6.61 Å². The van der Waals surface area contributed by atoms with E-state index < -0.39 is 11.5 Å². The van der Waals surface area contributed by atoms with E-state index in [4.69, 9.17) is 4.74 Å². The third-order valence-corrected chi connectivity index (χ3v) is 3.88. The molecule has 0 unspecified atom stereocenters. The molecule has 0 atom stereocenters. The number of benzene rings is 2. The van der Waals surface area contributed by atoms with Gasteiger partial charge in [-0.15, -0.1) is 0 Å². The number of pyridine rings is 1. The van der Waals surface area contributed by atoms with Gasteiger partial charge in [0.25, 0.3) is 5.69 Å². The Hall–Kier alpha value is -3.55. The third-order valence-electron chi connectivity index (χ3n) is 3.88. The summed E-state index contributed by atoms with van der Waals surface area (Å²) in [5.74, 6) is 0.152. The van der Waals surface area contributed by atoms with Gasteiger partial charge in [-0.25, -0.2) is 4.98 Å². The first-order valence-corrected chi connectivity index (χ1v) is 8.42. The summed E-state index contributed by atoms with van der Waals surface area (Å²) in [4.78, 5) is 15.0. The van der Waals surface area contributed by atoms with Gasteiger partial charge >= 0.3 is 6.61 Å². The molecule has 0 amide bonds. The van der Waals surface area contributed by atoms with E-state index in [9.17, 15) is 18.9 Å². The molecule has 0 aliphatic carbocycles. The van der Waals surface area contributed by atoms with Crippen molar-refractivity contribution in [3.63, 3.8) is 0 Å². The first-order valence-electron chi connectivity index (χ1n) is 8.42. The van der Waals surface area contributed by atoms with Gasteiger partial charge in [-0.1, -0.05) is 18.2 Å². The Labute approximate surface area is 159 Å². The van der Waals surface area contributed by atoms with Crippen LogP contribution in [0.5, 0.6) is 11.5 Å². The van der Waals surface area contributed by atoms with E-state index in [1.54, 1.807) is 61.5 Å². The van der Waals surface area contributed by atoms with Crippen LogP contribution in [0, 0.1) is 10.1 Å². The molecule has 0 aliphatic rings. The third kappa shape index (κ3) is 4.22. The Bertz CT molecular complexity index is 1040. The highest BCUT2D eigenvalue weighted by Gasteiger charge is 2.15. The monoisotopic (exact) mass is 386 g/mol. The molecule has 1 aromatic heterocycles. The van der Waals surface area contributed by atoms with Crippen LogP contribution in [0.4, 0.5) is 14.5 Å². The molecule has 0 fully saturated rings. The lowest BCUT2D eigenvalue weighted by Crippen LogP contribution is -2.06. The zero-order valence-corrected chi connectivity index (χ0v) is 14.8. The molecule has 8 heteroatoms. The summed E-state index contributed by atoms with van der Waals surface area (Å²) in [6, 6.07) is 12.7. The van der Waals surface area contributed by atoms with Gasteiger partial charge in [0, 0.05) is 11.6 Å². The van der Waals surface area contributed by atoms with Gasteiger partial charge < -0.3 is 9.47 Å². The number of para-hydroxylation sites is 1. The Kier molecular flexibility index (Phi) is 5.78. The standard InChI is InChI=1S/C20H16F2N2O4/c1-2-27-18-8-3-5-13(19(18)28-20(21)22)9-10-14-11-12-15-16(23-14)6-4-7-17(15)24(25)26/h3-12,20H,2H2,1H3/b10-9+. The number of hydrogen-bond acceptors (Lipinski definition) is 5. The fraction of sp³-hybridized carbons (Fsp3) is 0.150. The number of ether oxygens (including phenoxy) is 2. The molecule has 28 heavy (non-hydrogen) atoms. The van der Waals surface area contributed by atoms with Crippen molar-refractivity contribution in [3.8, 4) is 11.5 Å². The van der Waals surface area contributed by atoms with Gasteiger partial charge in [0.15, 0.2) is 11.5 Å². The van der Waals surface area contributed by atoms with Crippen LogP contribution in [0.25, 0.3) is 23.1 Å². The molecule has 2 aromatic carbocycles. The van der Waals surface area contributed by atoms with Gasteiger partial charge in [-0.05, 0) is 43.3 Å². The zero-order chi connectivity index (χ0) is 20.1. The van der Waals surface area contributed by atoms with E-state index >= 15 is 0 Å². The van der Waals surface area contributed by atoms with E-state index in [2.05, 4.69) is 9.72 Å². The number of nitro benzene ring substituents is 1. The highest BCUT2D eigenvalue weighted by Crippen LogP contribution is 2.34. The maximum Gasteiger partial charge on any atom is 0.387 e. The molecule has 0 saturated carbocycles. The Balaban J connectivity index is 1.97. The van der Waals surface area contributed by atoms with E-state index in [1.165, 1.54) is 6.07 Å². The number of nitro groups is 1. The summed E-state index contributed by atoms with van der Waals surface area (Å²) in [6.07, 6.45) is 3.19. The molecule has 0 bridgehead atoms. The molecule has 1 heterocycles. The summed E-state index contributed by atoms with van der Waals surface area (Å²) < 4.78 is 35.6. The van der Waals surface area contributed by atoms with Crippen LogP contribution in [0.2, 0.25) is 0 Å². The van der Waals surface area contributed by atoms with Crippen LogP contribution >= 0.6 is 0 Å². The van der Waals surface area contributed by atoms with E-state index in [0.717, 1.165) is 0 Å². The maximum atomic E-state index is 12.8. The number of fused-ring (bicyclic) bond motifs is 1. The lowest BCUT2D eigenvalue weighted by atomic mass is 10.1. The summed E-state index contributed by atoms with van der Waals surface area (Å²) in [6.45, 7) is -0.946. The van der Waals surface area contributed by atoms with Gasteiger partial charge in [0.05, 0.1) is 28.1 Å². The predicted molar refractivity (Wildman–Crippen MR) is 102 cm³/mol. The summed E-state index contributed by atoms with van der Waals surface area (Å²) in [7, 11) is 0. The zero-order valence-electron chi connectivity index (χ0n) is 14.8. The number of halogens is 2. The van der Waals surface area contributed by atoms with Gasteiger partial charge in [0.2, 0.25) is 0 Å². The number of rotatable bonds is 7. The minimum Gasteiger partial charge on any atom is -0.490 e. The van der Waals surface area contributed by atoms with Gasteiger partial charge in [0.1, 0.15) is 0 Å². The fourth-order valence-electron chi connectivity index (χ4n) is 2.73. The van der Waals surface area contributed by atoms with Crippen molar-refractivity contribution in [2.24, 2.45) is 0 Å².